The predicted octanol–water partition coefficient (Wildman–Crippen LogP) is 3.33. The number of rotatable bonds is 7. The third kappa shape index (κ3) is 4.26. The number of thiophene rings is 1. The van der Waals surface area contributed by atoms with Crippen LogP contribution in [0.5, 0.6) is 0 Å². The van der Waals surface area contributed by atoms with E-state index in [1.54, 1.807) is 25.3 Å². The normalized spacial score (nSPS) is 10.6. The highest BCUT2D eigenvalue weighted by atomic mass is 32.1. The summed E-state index contributed by atoms with van der Waals surface area (Å²) in [6, 6.07) is 3.53. The van der Waals surface area contributed by atoms with E-state index in [-0.39, 0.29) is 18.4 Å². The van der Waals surface area contributed by atoms with E-state index in [0.717, 1.165) is 10.6 Å². The van der Waals surface area contributed by atoms with Gasteiger partial charge in [-0.3, -0.25) is 19.3 Å². The van der Waals surface area contributed by atoms with Gasteiger partial charge in [-0.1, -0.05) is 23.5 Å². The van der Waals surface area contributed by atoms with Gasteiger partial charge in [0.1, 0.15) is 0 Å². The summed E-state index contributed by atoms with van der Waals surface area (Å²) in [7, 11) is 1.59. The fraction of sp³-hybridized carbons (Fsp3) is 0.235. The largest absolute Gasteiger partial charge is 0.332 e. The zero-order valence-corrected chi connectivity index (χ0v) is 17.7. The first-order valence-corrected chi connectivity index (χ1v) is 10.3. The highest BCUT2D eigenvalue weighted by Crippen LogP contribution is 2.31. The van der Waals surface area contributed by atoms with Crippen molar-refractivity contribution >= 4 is 51.8 Å². The van der Waals surface area contributed by atoms with E-state index in [9.17, 15) is 9.59 Å². The van der Waals surface area contributed by atoms with Crippen LogP contribution in [0.3, 0.4) is 0 Å². The van der Waals surface area contributed by atoms with Crippen LogP contribution in [0.1, 0.15) is 15.4 Å². The second-order valence-electron chi connectivity index (χ2n) is 5.87. The predicted molar refractivity (Wildman–Crippen MR) is 113 cm³/mol. The number of anilines is 1. The standard InChI is InChI=1S/C17H18N6O2S3/c1-4-7-23-14(20-21-17(23)26)13-10(2)18-16(28-13)19-12(24)9-22(3)15(25)11-6-5-8-27-11/h4-6,8H,1,7,9H2,2-3H3,(H,21,26)(H,18,19,24). The Balaban J connectivity index is 1.71. The summed E-state index contributed by atoms with van der Waals surface area (Å²) >= 11 is 7.88. The van der Waals surface area contributed by atoms with E-state index in [2.05, 4.69) is 27.1 Å². The van der Waals surface area contributed by atoms with Crippen molar-refractivity contribution < 1.29 is 9.59 Å². The lowest BCUT2D eigenvalue weighted by Gasteiger charge is -2.15. The van der Waals surface area contributed by atoms with E-state index in [0.29, 0.717) is 27.1 Å². The number of aromatic amines is 1. The number of nitrogens with one attached hydrogen (secondary N) is 2. The molecule has 3 aromatic rings. The zero-order valence-electron chi connectivity index (χ0n) is 15.3. The number of aryl methyl sites for hydroxylation is 1. The Morgan fingerprint density at radius 3 is 2.96 bits per heavy atom. The number of hydrogen-bond acceptors (Lipinski definition) is 7. The number of H-pyrrole nitrogens is 1. The molecular formula is C17H18N6O2S3. The number of carbonyl (C=O) groups excluding carboxylic acids is 2. The van der Waals surface area contributed by atoms with Gasteiger partial charge in [-0.05, 0) is 30.6 Å². The SMILES string of the molecule is C=CCn1c(-c2sc(NC(=O)CN(C)C(=O)c3cccs3)nc2C)n[nH]c1=S. The Bertz CT molecular complexity index is 1060. The molecule has 0 saturated carbocycles. The van der Waals surface area contributed by atoms with Gasteiger partial charge in [0.15, 0.2) is 15.7 Å². The number of aromatic nitrogens is 4. The number of likely N-dealkylation sites (N-methyl/N-ethyl adjacent to an activating group) is 1. The first-order valence-electron chi connectivity index (χ1n) is 8.23. The first-order chi connectivity index (χ1) is 13.4. The highest BCUT2D eigenvalue weighted by Gasteiger charge is 2.19. The van der Waals surface area contributed by atoms with E-state index in [1.165, 1.54) is 27.6 Å². The van der Waals surface area contributed by atoms with Gasteiger partial charge in [0.2, 0.25) is 5.91 Å². The fourth-order valence-electron chi connectivity index (χ4n) is 2.48. The number of hydrogen-bond donors (Lipinski definition) is 2. The summed E-state index contributed by atoms with van der Waals surface area (Å²) in [5.74, 6) is 0.129. The molecule has 0 bridgehead atoms. The van der Waals surface area contributed by atoms with Crippen molar-refractivity contribution in [1.29, 1.82) is 0 Å². The summed E-state index contributed by atoms with van der Waals surface area (Å²) in [5, 5.41) is 12.0. The van der Waals surface area contributed by atoms with Crippen molar-refractivity contribution in [2.45, 2.75) is 13.5 Å². The number of nitrogens with zero attached hydrogens (tertiary/aromatic N) is 4. The van der Waals surface area contributed by atoms with E-state index in [1.807, 2.05) is 16.9 Å². The van der Waals surface area contributed by atoms with Gasteiger partial charge in [0.05, 0.1) is 22.0 Å². The van der Waals surface area contributed by atoms with Crippen LogP contribution in [-0.4, -0.2) is 50.1 Å². The van der Waals surface area contributed by atoms with Crippen molar-refractivity contribution in [2.75, 3.05) is 18.9 Å². The van der Waals surface area contributed by atoms with Crippen LogP contribution in [0, 0.1) is 11.7 Å². The smallest absolute Gasteiger partial charge is 0.264 e. The molecule has 0 fully saturated rings. The number of allylic oxidation sites excluding steroid dienone is 1. The maximum absolute atomic E-state index is 12.3. The molecule has 28 heavy (non-hydrogen) atoms. The molecule has 3 heterocycles. The minimum absolute atomic E-state index is 0.0696. The minimum Gasteiger partial charge on any atom is -0.332 e. The number of thiazole rings is 1. The summed E-state index contributed by atoms with van der Waals surface area (Å²) < 4.78 is 2.30. The molecule has 3 aromatic heterocycles. The summed E-state index contributed by atoms with van der Waals surface area (Å²) in [4.78, 5) is 31.7. The first kappa shape index (κ1) is 20.1. The fourth-order valence-corrected chi connectivity index (χ4v) is 4.39. The lowest BCUT2D eigenvalue weighted by Crippen LogP contribution is -2.34. The van der Waals surface area contributed by atoms with Crippen molar-refractivity contribution in [1.82, 2.24) is 24.6 Å². The van der Waals surface area contributed by atoms with Crippen LogP contribution in [-0.2, 0) is 11.3 Å². The van der Waals surface area contributed by atoms with Gasteiger partial charge in [0.25, 0.3) is 5.91 Å². The molecule has 0 aliphatic heterocycles. The summed E-state index contributed by atoms with van der Waals surface area (Å²) in [6.45, 7) is 6.01. The van der Waals surface area contributed by atoms with E-state index < -0.39 is 0 Å². The van der Waals surface area contributed by atoms with Gasteiger partial charge >= 0.3 is 0 Å². The summed E-state index contributed by atoms with van der Waals surface area (Å²) in [5.41, 5.74) is 0.725. The molecule has 0 aliphatic rings. The quantitative estimate of drug-likeness (QED) is 0.439. The number of carbonyl (C=O) groups is 2. The molecule has 2 N–H and O–H groups in total. The second-order valence-corrected chi connectivity index (χ2v) is 8.21. The topological polar surface area (TPSA) is 95.9 Å². The second kappa shape index (κ2) is 8.59. The molecule has 8 nitrogen and oxygen atoms in total. The Morgan fingerprint density at radius 1 is 1.50 bits per heavy atom. The Labute approximate surface area is 174 Å². The van der Waals surface area contributed by atoms with Crippen LogP contribution in [0.4, 0.5) is 5.13 Å². The molecule has 0 saturated heterocycles. The van der Waals surface area contributed by atoms with Crippen molar-refractivity contribution in [3.8, 4) is 10.7 Å². The molecule has 0 aliphatic carbocycles. The monoisotopic (exact) mass is 434 g/mol. The third-order valence-electron chi connectivity index (χ3n) is 3.78. The number of amides is 2. The van der Waals surface area contributed by atoms with Gasteiger partial charge in [-0.15, -0.1) is 17.9 Å². The Kier molecular flexibility index (Phi) is 6.17. The molecule has 11 heteroatoms. The van der Waals surface area contributed by atoms with Gasteiger partial charge in [-0.25, -0.2) is 4.98 Å². The van der Waals surface area contributed by atoms with Gasteiger partial charge in [0, 0.05) is 13.6 Å². The van der Waals surface area contributed by atoms with Crippen LogP contribution in [0.15, 0.2) is 30.2 Å². The molecule has 0 spiro atoms. The highest BCUT2D eigenvalue weighted by molar-refractivity contribution is 7.71. The minimum atomic E-state index is -0.322. The molecule has 0 radical (unpaired) electrons. The van der Waals surface area contributed by atoms with Crippen molar-refractivity contribution in [2.24, 2.45) is 0 Å². The van der Waals surface area contributed by atoms with Gasteiger partial charge < -0.3 is 10.2 Å². The Morgan fingerprint density at radius 2 is 2.29 bits per heavy atom. The lowest BCUT2D eigenvalue weighted by molar-refractivity contribution is -0.116. The molecule has 0 atom stereocenters. The molecule has 146 valence electrons. The molecule has 0 aromatic carbocycles. The molecule has 0 unspecified atom stereocenters. The molecular weight excluding hydrogens is 416 g/mol. The lowest BCUT2D eigenvalue weighted by atomic mass is 10.3. The van der Waals surface area contributed by atoms with Crippen molar-refractivity contribution in [3.05, 3.63) is 45.5 Å². The maximum Gasteiger partial charge on any atom is 0.264 e. The average molecular weight is 435 g/mol. The van der Waals surface area contributed by atoms with Crippen LogP contribution >= 0.6 is 34.9 Å². The van der Waals surface area contributed by atoms with E-state index in [4.69, 9.17) is 12.2 Å². The molecule has 3 rings (SSSR count). The Hall–Kier alpha value is -2.63. The molecule has 2 amide bonds. The summed E-state index contributed by atoms with van der Waals surface area (Å²) in [6.07, 6.45) is 1.73. The average Bonchev–Trinajstić information content (AvgIpc) is 3.37. The maximum atomic E-state index is 12.3. The van der Waals surface area contributed by atoms with Crippen molar-refractivity contribution in [3.63, 3.8) is 0 Å². The zero-order chi connectivity index (χ0) is 20.3. The third-order valence-corrected chi connectivity index (χ3v) is 6.01. The van der Waals surface area contributed by atoms with Crippen LogP contribution < -0.4 is 5.32 Å². The van der Waals surface area contributed by atoms with Gasteiger partial charge in [-0.2, -0.15) is 5.10 Å². The van der Waals surface area contributed by atoms with Crippen LogP contribution in [0.25, 0.3) is 10.7 Å². The van der Waals surface area contributed by atoms with Crippen LogP contribution in [0.2, 0.25) is 0 Å². The van der Waals surface area contributed by atoms with E-state index >= 15 is 0 Å².